The molecule has 4 fully saturated rings. The van der Waals surface area contributed by atoms with E-state index in [-0.39, 0.29) is 12.1 Å². The van der Waals surface area contributed by atoms with Crippen LogP contribution in [-0.4, -0.2) is 12.1 Å². The number of aryl methyl sites for hydroxylation is 1. The van der Waals surface area contributed by atoms with Gasteiger partial charge < -0.3 is 4.74 Å². The first-order valence-electron chi connectivity index (χ1n) is 13.5. The lowest BCUT2D eigenvalue weighted by molar-refractivity contribution is -0.162. The number of ether oxygens (including phenoxy) is 1. The molecule has 176 valence electrons. The third kappa shape index (κ3) is 3.55. The van der Waals surface area contributed by atoms with Crippen LogP contribution in [0.1, 0.15) is 97.5 Å². The first-order chi connectivity index (χ1) is 15.3. The van der Waals surface area contributed by atoms with Crippen molar-refractivity contribution in [3.63, 3.8) is 0 Å². The minimum absolute atomic E-state index is 0.0959. The number of esters is 1. The Kier molecular flexibility index (Phi) is 5.74. The van der Waals surface area contributed by atoms with Gasteiger partial charge in [-0.15, -0.1) is 0 Å². The Hall–Kier alpha value is -1.31. The summed E-state index contributed by atoms with van der Waals surface area (Å²) in [6.45, 7) is 9.50. The van der Waals surface area contributed by atoms with Gasteiger partial charge in [-0.25, -0.2) is 0 Å². The normalized spacial score (nSPS) is 45.4. The minimum Gasteiger partial charge on any atom is -0.463 e. The maximum Gasteiger partial charge on any atom is 0.302 e. The van der Waals surface area contributed by atoms with Gasteiger partial charge in [0.1, 0.15) is 6.10 Å². The van der Waals surface area contributed by atoms with Crippen LogP contribution >= 0.6 is 0 Å². The van der Waals surface area contributed by atoms with Crippen molar-refractivity contribution in [2.45, 2.75) is 104 Å². The Morgan fingerprint density at radius 1 is 0.938 bits per heavy atom. The van der Waals surface area contributed by atoms with Crippen LogP contribution in [-0.2, 0) is 16.0 Å². The van der Waals surface area contributed by atoms with Gasteiger partial charge in [-0.2, -0.15) is 0 Å². The number of carbonyl (C=O) groups is 1. The standard InChI is InChI=1S/C30H44O2/c1-21(31)32-24-13-18-29(3)23(20-24)10-11-25-26(29)15-19-30(4)27(25)14-17-28(30,2)16-12-22-8-6-5-7-9-22/h5-9,23-27H,10-20H2,1-4H3/t23-,24-,25+,26-,27-,28+,29-,30-/m0/s1. The predicted molar refractivity (Wildman–Crippen MR) is 130 cm³/mol. The van der Waals surface area contributed by atoms with Crippen LogP contribution in [0.4, 0.5) is 0 Å². The van der Waals surface area contributed by atoms with Crippen LogP contribution in [0.2, 0.25) is 0 Å². The van der Waals surface area contributed by atoms with Gasteiger partial charge in [0.25, 0.3) is 0 Å². The number of hydrogen-bond donors (Lipinski definition) is 0. The Labute approximate surface area is 195 Å². The van der Waals surface area contributed by atoms with Gasteiger partial charge >= 0.3 is 5.97 Å². The van der Waals surface area contributed by atoms with Gasteiger partial charge in [-0.05, 0) is 116 Å². The molecule has 8 atom stereocenters. The van der Waals surface area contributed by atoms with Gasteiger partial charge in [0.2, 0.25) is 0 Å². The number of carbonyl (C=O) groups excluding carboxylic acids is 1. The molecule has 5 rings (SSSR count). The van der Waals surface area contributed by atoms with Crippen molar-refractivity contribution in [1.82, 2.24) is 0 Å². The van der Waals surface area contributed by atoms with Crippen LogP contribution < -0.4 is 0 Å². The van der Waals surface area contributed by atoms with Crippen LogP contribution in [0.5, 0.6) is 0 Å². The molecular weight excluding hydrogens is 392 g/mol. The molecule has 0 amide bonds. The first kappa shape index (κ1) is 22.5. The molecule has 0 bridgehead atoms. The molecule has 1 aromatic rings. The molecule has 0 heterocycles. The highest BCUT2D eigenvalue weighted by Crippen LogP contribution is 2.71. The van der Waals surface area contributed by atoms with Crippen molar-refractivity contribution < 1.29 is 9.53 Å². The van der Waals surface area contributed by atoms with E-state index < -0.39 is 0 Å². The van der Waals surface area contributed by atoms with Gasteiger partial charge in [-0.1, -0.05) is 51.1 Å². The quantitative estimate of drug-likeness (QED) is 0.454. The maximum atomic E-state index is 11.5. The third-order valence-electron chi connectivity index (χ3n) is 11.5. The molecule has 0 aliphatic heterocycles. The van der Waals surface area contributed by atoms with E-state index in [1.807, 2.05) is 0 Å². The summed E-state index contributed by atoms with van der Waals surface area (Å²) in [6.07, 6.45) is 14.6. The van der Waals surface area contributed by atoms with E-state index in [4.69, 9.17) is 4.74 Å². The highest BCUT2D eigenvalue weighted by molar-refractivity contribution is 5.66. The second-order valence-corrected chi connectivity index (χ2v) is 12.7. The topological polar surface area (TPSA) is 26.3 Å². The van der Waals surface area contributed by atoms with Gasteiger partial charge in [0.05, 0.1) is 0 Å². The molecule has 4 saturated carbocycles. The average Bonchev–Trinajstić information content (AvgIpc) is 3.04. The van der Waals surface area contributed by atoms with Crippen molar-refractivity contribution in [1.29, 1.82) is 0 Å². The molecule has 2 nitrogen and oxygen atoms in total. The monoisotopic (exact) mass is 436 g/mol. The smallest absolute Gasteiger partial charge is 0.302 e. The maximum absolute atomic E-state index is 11.5. The van der Waals surface area contributed by atoms with Gasteiger partial charge in [0.15, 0.2) is 0 Å². The van der Waals surface area contributed by atoms with Crippen molar-refractivity contribution in [2.75, 3.05) is 0 Å². The minimum atomic E-state index is -0.0959. The summed E-state index contributed by atoms with van der Waals surface area (Å²) in [5, 5.41) is 0. The van der Waals surface area contributed by atoms with E-state index in [2.05, 4.69) is 51.1 Å². The van der Waals surface area contributed by atoms with Gasteiger partial charge in [-0.3, -0.25) is 4.79 Å². The molecule has 0 N–H and O–H groups in total. The molecule has 2 heteroatoms. The number of hydrogen-bond acceptors (Lipinski definition) is 2. The van der Waals surface area contributed by atoms with E-state index in [1.54, 1.807) is 6.92 Å². The van der Waals surface area contributed by atoms with E-state index in [1.165, 1.54) is 63.4 Å². The lowest BCUT2D eigenvalue weighted by Gasteiger charge is -2.62. The van der Waals surface area contributed by atoms with E-state index >= 15 is 0 Å². The molecule has 0 unspecified atom stereocenters. The van der Waals surface area contributed by atoms with E-state index in [0.29, 0.717) is 16.2 Å². The Morgan fingerprint density at radius 2 is 1.69 bits per heavy atom. The molecular formula is C30H44O2. The first-order valence-corrected chi connectivity index (χ1v) is 13.5. The molecule has 4 aliphatic carbocycles. The Morgan fingerprint density at radius 3 is 2.44 bits per heavy atom. The number of benzene rings is 1. The highest BCUT2D eigenvalue weighted by Gasteiger charge is 2.63. The molecule has 0 aromatic heterocycles. The van der Waals surface area contributed by atoms with Crippen molar-refractivity contribution >= 4 is 5.97 Å². The van der Waals surface area contributed by atoms with Crippen LogP contribution in [0, 0.1) is 39.9 Å². The number of fused-ring (bicyclic) bond motifs is 5. The van der Waals surface area contributed by atoms with Crippen molar-refractivity contribution in [3.8, 4) is 0 Å². The van der Waals surface area contributed by atoms with Crippen LogP contribution in [0.15, 0.2) is 30.3 Å². The Balaban J connectivity index is 1.31. The van der Waals surface area contributed by atoms with Crippen molar-refractivity contribution in [2.24, 2.45) is 39.9 Å². The molecule has 0 saturated heterocycles. The molecule has 1 aromatic carbocycles. The van der Waals surface area contributed by atoms with Gasteiger partial charge in [0, 0.05) is 6.92 Å². The summed E-state index contributed by atoms with van der Waals surface area (Å²) in [5.74, 6) is 3.36. The zero-order chi connectivity index (χ0) is 22.6. The fourth-order valence-corrected chi connectivity index (χ4v) is 9.40. The third-order valence-corrected chi connectivity index (χ3v) is 11.5. The Bertz CT molecular complexity index is 832. The second-order valence-electron chi connectivity index (χ2n) is 12.7. The molecule has 0 spiro atoms. The number of rotatable bonds is 4. The van der Waals surface area contributed by atoms with E-state index in [0.717, 1.165) is 36.5 Å². The lowest BCUT2D eigenvalue weighted by Crippen LogP contribution is -2.55. The fraction of sp³-hybridized carbons (Fsp3) is 0.767. The molecule has 0 radical (unpaired) electrons. The summed E-state index contributed by atoms with van der Waals surface area (Å²) in [7, 11) is 0. The summed E-state index contributed by atoms with van der Waals surface area (Å²) in [4.78, 5) is 11.5. The SMILES string of the molecule is CC(=O)O[C@H]1CC[C@@]2(C)[C@@H](CC[C@@H]3[C@@H]2CC[C@@]2(C)[C@H]3CC[C@@]2(C)CCc2ccccc2)C1. The molecule has 4 aliphatic rings. The fourth-order valence-electron chi connectivity index (χ4n) is 9.40. The predicted octanol–water partition coefficient (Wildman–Crippen LogP) is 7.60. The molecule has 32 heavy (non-hydrogen) atoms. The summed E-state index contributed by atoms with van der Waals surface area (Å²) in [5.41, 5.74) is 2.95. The summed E-state index contributed by atoms with van der Waals surface area (Å²) in [6, 6.07) is 11.1. The van der Waals surface area contributed by atoms with Crippen LogP contribution in [0.3, 0.4) is 0 Å². The van der Waals surface area contributed by atoms with Crippen LogP contribution in [0.25, 0.3) is 0 Å². The largest absolute Gasteiger partial charge is 0.463 e. The second kappa shape index (κ2) is 8.17. The lowest BCUT2D eigenvalue weighted by atomic mass is 9.43. The summed E-state index contributed by atoms with van der Waals surface area (Å²) < 4.78 is 5.66. The zero-order valence-corrected chi connectivity index (χ0v) is 20.9. The summed E-state index contributed by atoms with van der Waals surface area (Å²) >= 11 is 0. The van der Waals surface area contributed by atoms with E-state index in [9.17, 15) is 4.79 Å². The zero-order valence-electron chi connectivity index (χ0n) is 20.9. The highest BCUT2D eigenvalue weighted by atomic mass is 16.5. The van der Waals surface area contributed by atoms with Crippen molar-refractivity contribution in [3.05, 3.63) is 35.9 Å². The average molecular weight is 437 g/mol.